The summed E-state index contributed by atoms with van der Waals surface area (Å²) in [6.45, 7) is 0.579. The lowest BCUT2D eigenvalue weighted by atomic mass is 9.96. The summed E-state index contributed by atoms with van der Waals surface area (Å²) < 4.78 is 5.59. The molecule has 1 aromatic carbocycles. The van der Waals surface area contributed by atoms with Crippen LogP contribution in [0.5, 0.6) is 5.75 Å². The van der Waals surface area contributed by atoms with Crippen LogP contribution in [0.15, 0.2) is 29.6 Å². The number of benzene rings is 1. The third-order valence-corrected chi connectivity index (χ3v) is 4.28. The number of ether oxygens (including phenoxy) is 1. The molecule has 3 rings (SSSR count). The van der Waals surface area contributed by atoms with E-state index in [1.807, 2.05) is 24.3 Å². The molecule has 0 radical (unpaired) electrons. The van der Waals surface area contributed by atoms with Gasteiger partial charge in [-0.25, -0.2) is 9.78 Å². The Morgan fingerprint density at radius 2 is 2.23 bits per heavy atom. The fourth-order valence-electron chi connectivity index (χ4n) is 2.29. The van der Waals surface area contributed by atoms with Crippen molar-refractivity contribution >= 4 is 23.2 Å². The third kappa shape index (κ3) is 3.09. The van der Waals surface area contributed by atoms with Crippen molar-refractivity contribution in [1.29, 1.82) is 0 Å². The molecule has 0 fully saturated rings. The number of rotatable bonds is 4. The summed E-state index contributed by atoms with van der Waals surface area (Å²) in [5, 5.41) is 13.6. The van der Waals surface area contributed by atoms with Crippen molar-refractivity contribution in [3.63, 3.8) is 0 Å². The number of nitrogens with zero attached hydrogens (tertiary/aromatic N) is 1. The van der Waals surface area contributed by atoms with Gasteiger partial charge < -0.3 is 15.2 Å². The topological polar surface area (TPSA) is 88.5 Å². The van der Waals surface area contributed by atoms with Gasteiger partial charge in [-0.15, -0.1) is 11.3 Å². The van der Waals surface area contributed by atoms with Crippen LogP contribution >= 0.6 is 11.3 Å². The molecule has 22 heavy (non-hydrogen) atoms. The summed E-state index contributed by atoms with van der Waals surface area (Å²) in [5.41, 5.74) is 1.03. The van der Waals surface area contributed by atoms with E-state index < -0.39 is 5.97 Å². The summed E-state index contributed by atoms with van der Waals surface area (Å²) >= 11 is 1.22. The highest BCUT2D eigenvalue weighted by Crippen LogP contribution is 2.26. The number of carboxylic acid groups (broad SMARTS) is 1. The zero-order valence-corrected chi connectivity index (χ0v) is 12.4. The largest absolute Gasteiger partial charge is 0.492 e. The van der Waals surface area contributed by atoms with E-state index in [1.165, 1.54) is 16.7 Å². The molecule has 0 bridgehead atoms. The van der Waals surface area contributed by atoms with E-state index in [1.54, 1.807) is 0 Å². The molecule has 1 atom stereocenters. The van der Waals surface area contributed by atoms with Crippen LogP contribution in [0.4, 0.5) is 0 Å². The lowest BCUT2D eigenvalue weighted by molar-refractivity contribution is -0.126. The summed E-state index contributed by atoms with van der Waals surface area (Å²) in [6, 6.07) is 7.67. The molecule has 1 aromatic heterocycles. The van der Waals surface area contributed by atoms with Gasteiger partial charge in [-0.3, -0.25) is 4.79 Å². The normalized spacial score (nSPS) is 16.5. The molecular formula is C15H14N2O4S. The van der Waals surface area contributed by atoms with Crippen LogP contribution in [0.1, 0.15) is 21.1 Å². The minimum Gasteiger partial charge on any atom is -0.492 e. The highest BCUT2D eigenvalue weighted by Gasteiger charge is 2.25. The second-order valence-electron chi connectivity index (χ2n) is 4.97. The Balaban J connectivity index is 1.57. The number of carboxylic acids is 1. The van der Waals surface area contributed by atoms with Crippen LogP contribution in [-0.4, -0.2) is 28.6 Å². The molecule has 6 nitrogen and oxygen atoms in total. The number of nitrogens with one attached hydrogen (secondary N) is 1. The molecule has 114 valence electrons. The average Bonchev–Trinajstić information content (AvgIpc) is 3.01. The molecule has 0 saturated carbocycles. The molecule has 2 N–H and O–H groups in total. The van der Waals surface area contributed by atoms with Gasteiger partial charge in [0.2, 0.25) is 5.91 Å². The Hall–Kier alpha value is -2.41. The van der Waals surface area contributed by atoms with Crippen molar-refractivity contribution in [1.82, 2.24) is 10.3 Å². The summed E-state index contributed by atoms with van der Waals surface area (Å²) in [7, 11) is 0. The number of carbonyl (C=O) groups excluding carboxylic acids is 1. The van der Waals surface area contributed by atoms with Crippen LogP contribution < -0.4 is 10.1 Å². The number of carbonyl (C=O) groups is 2. The second-order valence-corrected chi connectivity index (χ2v) is 5.91. The van der Waals surface area contributed by atoms with Crippen molar-refractivity contribution in [3.05, 3.63) is 45.9 Å². The van der Waals surface area contributed by atoms with Crippen molar-refractivity contribution < 1.29 is 19.4 Å². The minimum atomic E-state index is -1.06. The van der Waals surface area contributed by atoms with Gasteiger partial charge in [0.05, 0.1) is 12.5 Å². The van der Waals surface area contributed by atoms with Crippen LogP contribution in [0, 0.1) is 5.92 Å². The fourth-order valence-corrected chi connectivity index (χ4v) is 3.00. The number of thiazole rings is 1. The Bertz CT molecular complexity index is 713. The van der Waals surface area contributed by atoms with E-state index in [2.05, 4.69) is 10.3 Å². The number of para-hydroxylation sites is 1. The third-order valence-electron chi connectivity index (χ3n) is 3.43. The van der Waals surface area contributed by atoms with E-state index in [0.717, 1.165) is 11.3 Å². The zero-order chi connectivity index (χ0) is 15.5. The fraction of sp³-hybridized carbons (Fsp3) is 0.267. The van der Waals surface area contributed by atoms with Crippen molar-refractivity contribution in [3.8, 4) is 5.75 Å². The van der Waals surface area contributed by atoms with Gasteiger partial charge in [0.25, 0.3) is 0 Å². The Kier molecular flexibility index (Phi) is 4.06. The lowest BCUT2D eigenvalue weighted by Crippen LogP contribution is -2.37. The van der Waals surface area contributed by atoms with E-state index >= 15 is 0 Å². The molecular weight excluding hydrogens is 304 g/mol. The highest BCUT2D eigenvalue weighted by atomic mass is 32.1. The van der Waals surface area contributed by atoms with Gasteiger partial charge in [0.1, 0.15) is 17.4 Å². The smallest absolute Gasteiger partial charge is 0.355 e. The molecule has 1 aliphatic heterocycles. The monoisotopic (exact) mass is 318 g/mol. The van der Waals surface area contributed by atoms with E-state index in [-0.39, 0.29) is 24.1 Å². The highest BCUT2D eigenvalue weighted by molar-refractivity contribution is 7.09. The van der Waals surface area contributed by atoms with Crippen molar-refractivity contribution in [2.45, 2.75) is 13.0 Å². The van der Waals surface area contributed by atoms with E-state index in [9.17, 15) is 9.59 Å². The van der Waals surface area contributed by atoms with Gasteiger partial charge >= 0.3 is 5.97 Å². The molecule has 1 amide bonds. The molecule has 0 saturated heterocycles. The van der Waals surface area contributed by atoms with Crippen LogP contribution in [0.3, 0.4) is 0 Å². The van der Waals surface area contributed by atoms with Gasteiger partial charge in [-0.05, 0) is 18.1 Å². The SMILES string of the molecule is O=C(O)c1csc(CNC(=O)C2COc3ccccc3C2)n1. The predicted octanol–water partition coefficient (Wildman–Crippen LogP) is 1.71. The molecule has 2 aromatic rings. The number of aromatic nitrogens is 1. The standard InChI is InChI=1S/C15H14N2O4S/c18-14(16-6-13-17-11(8-22-13)15(19)20)10-5-9-3-1-2-4-12(9)21-7-10/h1-4,8,10H,5-7H2,(H,16,18)(H,19,20). The predicted molar refractivity (Wildman–Crippen MR) is 80.1 cm³/mol. The van der Waals surface area contributed by atoms with Gasteiger partial charge in [-0.1, -0.05) is 18.2 Å². The Morgan fingerprint density at radius 3 is 3.00 bits per heavy atom. The first-order chi connectivity index (χ1) is 10.6. The van der Waals surface area contributed by atoms with Crippen LogP contribution in [-0.2, 0) is 17.8 Å². The van der Waals surface area contributed by atoms with E-state index in [0.29, 0.717) is 18.0 Å². The molecule has 0 spiro atoms. The van der Waals surface area contributed by atoms with Gasteiger partial charge in [0, 0.05) is 5.38 Å². The first kappa shape index (κ1) is 14.5. The number of hydrogen-bond donors (Lipinski definition) is 2. The maximum absolute atomic E-state index is 12.2. The average molecular weight is 318 g/mol. The Morgan fingerprint density at radius 1 is 1.41 bits per heavy atom. The first-order valence-electron chi connectivity index (χ1n) is 6.79. The van der Waals surface area contributed by atoms with Crippen molar-refractivity contribution in [2.75, 3.05) is 6.61 Å². The first-order valence-corrected chi connectivity index (χ1v) is 7.67. The maximum atomic E-state index is 12.2. The quantitative estimate of drug-likeness (QED) is 0.896. The molecule has 1 aliphatic rings. The molecule has 2 heterocycles. The number of aromatic carboxylic acids is 1. The minimum absolute atomic E-state index is 0.00387. The molecule has 0 aliphatic carbocycles. The maximum Gasteiger partial charge on any atom is 0.355 e. The van der Waals surface area contributed by atoms with Gasteiger partial charge in [0.15, 0.2) is 5.69 Å². The zero-order valence-electron chi connectivity index (χ0n) is 11.6. The van der Waals surface area contributed by atoms with Gasteiger partial charge in [-0.2, -0.15) is 0 Å². The summed E-state index contributed by atoms with van der Waals surface area (Å²) in [5.74, 6) is -0.584. The second kappa shape index (κ2) is 6.15. The van der Waals surface area contributed by atoms with Crippen LogP contribution in [0.2, 0.25) is 0 Å². The van der Waals surface area contributed by atoms with Crippen molar-refractivity contribution in [2.24, 2.45) is 5.92 Å². The molecule has 7 heteroatoms. The molecule has 1 unspecified atom stereocenters. The number of hydrogen-bond acceptors (Lipinski definition) is 5. The number of amides is 1. The number of fused-ring (bicyclic) bond motifs is 1. The van der Waals surface area contributed by atoms with Crippen LogP contribution in [0.25, 0.3) is 0 Å². The Labute approximate surface area is 130 Å². The summed E-state index contributed by atoms with van der Waals surface area (Å²) in [6.07, 6.45) is 0.639. The van der Waals surface area contributed by atoms with E-state index in [4.69, 9.17) is 9.84 Å². The summed E-state index contributed by atoms with van der Waals surface area (Å²) in [4.78, 5) is 26.9. The lowest BCUT2D eigenvalue weighted by Gasteiger charge is -2.24.